The number of nitrogens with zero attached hydrogens (tertiary/aromatic N) is 1. The van der Waals surface area contributed by atoms with Crippen LogP contribution in [-0.2, 0) is 9.59 Å². The molecule has 2 amide bonds. The topological polar surface area (TPSA) is 46.6 Å². The summed E-state index contributed by atoms with van der Waals surface area (Å²) in [5, 5.41) is 0. The molecule has 2 rings (SSSR count). The first-order chi connectivity index (χ1) is 8.06. The molecule has 0 aliphatic carbocycles. The van der Waals surface area contributed by atoms with Gasteiger partial charge in [-0.05, 0) is 11.6 Å². The summed E-state index contributed by atoms with van der Waals surface area (Å²) in [7, 11) is 1.52. The normalized spacial score (nSPS) is 19.9. The van der Waals surface area contributed by atoms with Crippen LogP contribution in [0.4, 0.5) is 0 Å². The third kappa shape index (κ3) is 2.00. The molecule has 0 aromatic heterocycles. The standard InChI is InChI=1S/C11H10ClNO3S/c1-16-8-4-2-3-6(10(8)17)7-5-9(14)13(12)11(7)15/h2-4,7,17H,5H2,1H3. The first-order valence-corrected chi connectivity index (χ1v) is 5.73. The molecule has 1 atom stereocenters. The van der Waals surface area contributed by atoms with Crippen LogP contribution in [-0.4, -0.2) is 23.3 Å². The van der Waals surface area contributed by atoms with E-state index in [0.717, 1.165) is 0 Å². The van der Waals surface area contributed by atoms with Gasteiger partial charge in [-0.15, -0.1) is 12.6 Å². The second-order valence-corrected chi connectivity index (χ2v) is 4.45. The van der Waals surface area contributed by atoms with E-state index < -0.39 is 17.7 Å². The molecule has 0 saturated carbocycles. The Hall–Kier alpha value is -1.20. The molecule has 6 heteroatoms. The van der Waals surface area contributed by atoms with E-state index in [1.807, 2.05) is 0 Å². The number of methoxy groups -OCH3 is 1. The van der Waals surface area contributed by atoms with Crippen LogP contribution in [0, 0.1) is 0 Å². The zero-order valence-electron chi connectivity index (χ0n) is 9.01. The fraction of sp³-hybridized carbons (Fsp3) is 0.273. The molecule has 1 aliphatic rings. The van der Waals surface area contributed by atoms with E-state index in [0.29, 0.717) is 20.6 Å². The van der Waals surface area contributed by atoms with Crippen LogP contribution in [0.3, 0.4) is 0 Å². The second kappa shape index (κ2) is 4.58. The quantitative estimate of drug-likeness (QED) is 0.508. The lowest BCUT2D eigenvalue weighted by molar-refractivity contribution is -0.132. The predicted molar refractivity (Wildman–Crippen MR) is 65.3 cm³/mol. The molecule has 0 radical (unpaired) electrons. The zero-order valence-corrected chi connectivity index (χ0v) is 10.7. The number of imide groups is 1. The van der Waals surface area contributed by atoms with E-state index in [1.54, 1.807) is 18.2 Å². The second-order valence-electron chi connectivity index (χ2n) is 3.67. The van der Waals surface area contributed by atoms with Crippen LogP contribution in [0.2, 0.25) is 0 Å². The van der Waals surface area contributed by atoms with Gasteiger partial charge in [-0.2, -0.15) is 4.42 Å². The highest BCUT2D eigenvalue weighted by molar-refractivity contribution is 7.80. The number of carbonyl (C=O) groups is 2. The van der Waals surface area contributed by atoms with Gasteiger partial charge in [0.25, 0.3) is 5.91 Å². The highest BCUT2D eigenvalue weighted by atomic mass is 35.5. The fourth-order valence-electron chi connectivity index (χ4n) is 1.83. The van der Waals surface area contributed by atoms with Crippen LogP contribution in [0.1, 0.15) is 17.9 Å². The Morgan fingerprint density at radius 2 is 2.18 bits per heavy atom. The Morgan fingerprint density at radius 3 is 2.71 bits per heavy atom. The summed E-state index contributed by atoms with van der Waals surface area (Å²) in [4.78, 5) is 23.7. The van der Waals surface area contributed by atoms with Crippen molar-refractivity contribution < 1.29 is 14.3 Å². The molecule has 1 fully saturated rings. The van der Waals surface area contributed by atoms with Crippen LogP contribution >= 0.6 is 24.4 Å². The van der Waals surface area contributed by atoms with Crippen molar-refractivity contribution in [1.82, 2.24) is 4.42 Å². The summed E-state index contributed by atoms with van der Waals surface area (Å²) >= 11 is 9.88. The maximum absolute atomic E-state index is 11.8. The minimum absolute atomic E-state index is 0.0725. The van der Waals surface area contributed by atoms with Gasteiger partial charge in [0.15, 0.2) is 0 Å². The first-order valence-electron chi connectivity index (χ1n) is 4.94. The molecule has 17 heavy (non-hydrogen) atoms. The van der Waals surface area contributed by atoms with Crippen molar-refractivity contribution in [3.63, 3.8) is 0 Å². The number of carbonyl (C=O) groups excluding carboxylic acids is 2. The van der Waals surface area contributed by atoms with Crippen LogP contribution in [0.25, 0.3) is 0 Å². The lowest BCUT2D eigenvalue weighted by Gasteiger charge is -2.12. The number of hydrogen-bond acceptors (Lipinski definition) is 4. The van der Waals surface area contributed by atoms with E-state index in [1.165, 1.54) is 7.11 Å². The molecule has 1 aromatic rings. The predicted octanol–water partition coefficient (Wildman–Crippen LogP) is 1.98. The van der Waals surface area contributed by atoms with E-state index in [-0.39, 0.29) is 6.42 Å². The summed E-state index contributed by atoms with van der Waals surface area (Å²) in [5.41, 5.74) is 0.661. The number of halogens is 1. The van der Waals surface area contributed by atoms with Crippen molar-refractivity contribution in [2.45, 2.75) is 17.2 Å². The molecule has 1 aliphatic heterocycles. The third-order valence-corrected chi connectivity index (χ3v) is 3.55. The minimum atomic E-state index is -0.567. The van der Waals surface area contributed by atoms with Gasteiger partial charge in [0.2, 0.25) is 5.91 Å². The molecular weight excluding hydrogens is 262 g/mol. The van der Waals surface area contributed by atoms with E-state index in [4.69, 9.17) is 16.5 Å². The number of rotatable bonds is 2. The number of ether oxygens (including phenoxy) is 1. The molecule has 1 unspecified atom stereocenters. The Kier molecular flexibility index (Phi) is 3.31. The zero-order chi connectivity index (χ0) is 12.6. The molecule has 0 spiro atoms. The molecule has 1 heterocycles. The van der Waals surface area contributed by atoms with Crippen molar-refractivity contribution in [2.24, 2.45) is 0 Å². The maximum atomic E-state index is 11.8. The molecule has 1 aromatic carbocycles. The van der Waals surface area contributed by atoms with Gasteiger partial charge in [-0.1, -0.05) is 12.1 Å². The molecule has 90 valence electrons. The van der Waals surface area contributed by atoms with Gasteiger partial charge in [-0.3, -0.25) is 9.59 Å². The lowest BCUT2D eigenvalue weighted by Crippen LogP contribution is -2.19. The number of hydrogen-bond donors (Lipinski definition) is 1. The highest BCUT2D eigenvalue weighted by Gasteiger charge is 2.39. The van der Waals surface area contributed by atoms with Crippen molar-refractivity contribution in [1.29, 1.82) is 0 Å². The van der Waals surface area contributed by atoms with Crippen molar-refractivity contribution in [3.05, 3.63) is 23.8 Å². The fourth-order valence-corrected chi connectivity index (χ4v) is 2.41. The lowest BCUT2D eigenvalue weighted by atomic mass is 9.97. The summed E-state index contributed by atoms with van der Waals surface area (Å²) < 4.78 is 5.75. The van der Waals surface area contributed by atoms with Gasteiger partial charge in [0, 0.05) is 18.2 Å². The van der Waals surface area contributed by atoms with Crippen molar-refractivity contribution in [2.75, 3.05) is 7.11 Å². The van der Waals surface area contributed by atoms with Gasteiger partial charge < -0.3 is 4.74 Å². The summed E-state index contributed by atoms with van der Waals surface area (Å²) in [5.74, 6) is -0.806. The monoisotopic (exact) mass is 271 g/mol. The van der Waals surface area contributed by atoms with E-state index in [9.17, 15) is 9.59 Å². The highest BCUT2D eigenvalue weighted by Crippen LogP contribution is 2.37. The number of benzene rings is 1. The van der Waals surface area contributed by atoms with Gasteiger partial charge in [-0.25, -0.2) is 0 Å². The average molecular weight is 272 g/mol. The molecular formula is C11H10ClNO3S. The maximum Gasteiger partial charge on any atom is 0.252 e. The number of thiol groups is 1. The molecule has 4 nitrogen and oxygen atoms in total. The Bertz CT molecular complexity index is 492. The Balaban J connectivity index is 2.42. The molecule has 1 saturated heterocycles. The summed E-state index contributed by atoms with van der Waals surface area (Å²) in [6.07, 6.45) is 0.0725. The smallest absolute Gasteiger partial charge is 0.252 e. The first kappa shape index (κ1) is 12.3. The van der Waals surface area contributed by atoms with Gasteiger partial charge in [0.05, 0.1) is 17.9 Å². The minimum Gasteiger partial charge on any atom is -0.496 e. The third-order valence-electron chi connectivity index (χ3n) is 2.71. The Morgan fingerprint density at radius 1 is 1.47 bits per heavy atom. The molecule has 0 N–H and O–H groups in total. The summed E-state index contributed by atoms with van der Waals surface area (Å²) in [6.45, 7) is 0. The van der Waals surface area contributed by atoms with Crippen molar-refractivity contribution >= 4 is 36.2 Å². The molecule has 0 bridgehead atoms. The van der Waals surface area contributed by atoms with Gasteiger partial charge >= 0.3 is 0 Å². The number of amides is 2. The van der Waals surface area contributed by atoms with Crippen molar-refractivity contribution in [3.8, 4) is 5.75 Å². The SMILES string of the molecule is COc1cccc(C2CC(=O)N(Cl)C2=O)c1S. The van der Waals surface area contributed by atoms with E-state index in [2.05, 4.69) is 12.6 Å². The van der Waals surface area contributed by atoms with Gasteiger partial charge in [0.1, 0.15) is 5.75 Å². The van der Waals surface area contributed by atoms with Crippen LogP contribution in [0.15, 0.2) is 23.1 Å². The van der Waals surface area contributed by atoms with Crippen LogP contribution in [0.5, 0.6) is 5.75 Å². The summed E-state index contributed by atoms with van der Waals surface area (Å²) in [6, 6.07) is 5.24. The van der Waals surface area contributed by atoms with Crippen LogP contribution < -0.4 is 4.74 Å². The average Bonchev–Trinajstić information content (AvgIpc) is 2.57. The largest absolute Gasteiger partial charge is 0.496 e. The Labute approximate surface area is 109 Å². The van der Waals surface area contributed by atoms with E-state index >= 15 is 0 Å².